The third-order valence-corrected chi connectivity index (χ3v) is 17.6. The van der Waals surface area contributed by atoms with Crippen LogP contribution in [0.25, 0.3) is 0 Å². The highest BCUT2D eigenvalue weighted by atomic mass is 35.5. The van der Waals surface area contributed by atoms with E-state index in [9.17, 15) is 43.2 Å². The van der Waals surface area contributed by atoms with E-state index in [0.717, 1.165) is 0 Å². The topological polar surface area (TPSA) is 374 Å². The molecule has 104 heavy (non-hydrogen) atoms. The van der Waals surface area contributed by atoms with Gasteiger partial charge in [0.1, 0.15) is 97.6 Å². The molecule has 0 spiro atoms. The zero-order valence-electron chi connectivity index (χ0n) is 53.9. The lowest BCUT2D eigenvalue weighted by atomic mass is 10.0. The molecule has 0 bridgehead atoms. The molecule has 0 saturated heterocycles. The van der Waals surface area contributed by atoms with Gasteiger partial charge in [-0.1, -0.05) is 116 Å². The zero-order chi connectivity index (χ0) is 75.7. The molecule has 3 aliphatic rings. The molecule has 14 rings (SSSR count). The number of nitrogens with two attached hydrogens (primary N) is 2. The van der Waals surface area contributed by atoms with Crippen LogP contribution >= 0.6 is 116 Å². The number of hydrogen-bond acceptors (Lipinski definition) is 18. The first-order valence-corrected chi connectivity index (χ1v) is 33.5. The average molecular weight is 1600 g/mol. The van der Waals surface area contributed by atoms with Crippen LogP contribution in [0.4, 0.5) is 28.8 Å². The maximum Gasteiger partial charge on any atom is 0.277 e. The van der Waals surface area contributed by atoms with Gasteiger partial charge in [-0.3, -0.25) is 56.9 Å². The number of benzene rings is 4. The number of pyridine rings is 4. The number of anilines is 5. The van der Waals surface area contributed by atoms with Crippen molar-refractivity contribution in [3.8, 4) is 0 Å². The maximum atomic E-state index is 13.2. The van der Waals surface area contributed by atoms with Crippen LogP contribution in [0, 0.1) is 0 Å². The minimum atomic E-state index is -1.14. The number of carbonyl (C=O) groups is 5. The van der Waals surface area contributed by atoms with Gasteiger partial charge in [-0.2, -0.15) is 0 Å². The van der Waals surface area contributed by atoms with E-state index in [0.29, 0.717) is 79.9 Å². The summed E-state index contributed by atoms with van der Waals surface area (Å²) in [4.78, 5) is 133. The van der Waals surface area contributed by atoms with Crippen molar-refractivity contribution in [1.82, 2.24) is 64.5 Å². The molecule has 7 aromatic heterocycles. The van der Waals surface area contributed by atoms with Crippen LogP contribution in [0.3, 0.4) is 0 Å². The van der Waals surface area contributed by atoms with E-state index in [1.165, 1.54) is 63.9 Å². The van der Waals surface area contributed by atoms with Crippen molar-refractivity contribution in [3.63, 3.8) is 0 Å². The number of halogens is 10. The van der Waals surface area contributed by atoms with Crippen LogP contribution < -0.4 is 60.3 Å². The summed E-state index contributed by atoms with van der Waals surface area (Å²) in [6.07, 6.45) is 8.87. The van der Waals surface area contributed by atoms with Crippen LogP contribution in [0.15, 0.2) is 196 Å². The second-order valence-electron chi connectivity index (χ2n) is 22.5. The minimum Gasteiger partial charge on any atom is -0.384 e. The molecule has 3 atom stereocenters. The summed E-state index contributed by atoms with van der Waals surface area (Å²) >= 11 is 59.1. The van der Waals surface area contributed by atoms with Crippen LogP contribution in [0.1, 0.15) is 96.7 Å². The van der Waals surface area contributed by atoms with Crippen LogP contribution in [-0.4, -0.2) is 78.0 Å². The average Bonchev–Trinajstić information content (AvgIpc) is 1.59. The van der Waals surface area contributed by atoms with Crippen molar-refractivity contribution in [2.75, 3.05) is 16.4 Å². The van der Waals surface area contributed by atoms with Gasteiger partial charge in [0.25, 0.3) is 45.9 Å². The number of rotatable bonds is 9. The molecule has 0 saturated carbocycles. The van der Waals surface area contributed by atoms with Gasteiger partial charge in [0.15, 0.2) is 5.78 Å². The standard InChI is InChI=1S/2C18H13Cl2N5O2.C14H9Cl3N2O2.C8H6Cl2O.C6H5ClN2O2.C4H5N3/c2*1-18(10-6-11(19)8-12(20)7-10)24-16(26)14-3-2-13(17(27)25(14)18)23-15-4-5-21-9-22-15;1-14(7-4-8(15)6-9(16)5-7)18-12(20)11-3-2-10(17)13(21)19(11)14;1-5(11)6-2-7(9)4-8(10)3-6;7-3-1-2-4(5(8)10)9-6(3)11;5-4-1-2-6-3-7-4/h2*2-9H,1H3,(H,24,26)(H,21,22,23);2-6H,1H3,(H,18,20);2-4H,1H3;1-2H,(H2,8,10)(H,9,11);1-3H,(H2,5,6,7). The van der Waals surface area contributed by atoms with Gasteiger partial charge in [-0.15, -0.1) is 0 Å². The lowest BCUT2D eigenvalue weighted by Gasteiger charge is -2.28. The van der Waals surface area contributed by atoms with Gasteiger partial charge in [0.05, 0.1) is 0 Å². The van der Waals surface area contributed by atoms with Crippen LogP contribution in [-0.2, 0) is 17.0 Å². The number of Topliss-reactive ketones (excluding diaryl/α,β-unsaturated/α-hetero) is 1. The molecule has 0 radical (unpaired) electrons. The first-order chi connectivity index (χ1) is 49.2. The number of carbonyl (C=O) groups excluding carboxylic acids is 5. The number of nitrogen functional groups attached to an aromatic ring is 1. The number of fused-ring (bicyclic) bond motifs is 3. The number of nitrogens with zero attached hydrogens (tertiary/aromatic N) is 9. The van der Waals surface area contributed by atoms with Gasteiger partial charge < -0.3 is 43.0 Å². The monoisotopic (exact) mass is 1600 g/mol. The van der Waals surface area contributed by atoms with Gasteiger partial charge in [-0.25, -0.2) is 29.9 Å². The summed E-state index contributed by atoms with van der Waals surface area (Å²) in [5, 5.41) is 17.9. The Labute approximate surface area is 638 Å². The molecule has 11 aromatic rings. The quantitative estimate of drug-likeness (QED) is 0.0622. The Kier molecular flexibility index (Phi) is 24.8. The fourth-order valence-electron chi connectivity index (χ4n) is 10.4. The number of H-pyrrole nitrogens is 1. The summed E-state index contributed by atoms with van der Waals surface area (Å²) in [6.45, 7) is 6.61. The third kappa shape index (κ3) is 18.0. The Hall–Kier alpha value is -10.2. The Morgan fingerprint density at radius 3 is 1.07 bits per heavy atom. The highest BCUT2D eigenvalue weighted by Crippen LogP contribution is 2.37. The number of aromatic amines is 1. The molecular formula is C68H51Cl10N17O9. The molecule has 4 amide bonds. The highest BCUT2D eigenvalue weighted by molar-refractivity contribution is 6.37. The van der Waals surface area contributed by atoms with E-state index in [2.05, 4.69) is 61.5 Å². The third-order valence-electron chi connectivity index (χ3n) is 15.3. The number of ketones is 1. The van der Waals surface area contributed by atoms with Crippen LogP contribution in [0.5, 0.6) is 0 Å². The fraction of sp³-hybridized carbons (Fsp3) is 0.103. The Bertz CT molecular complexity index is 5170. The smallest absolute Gasteiger partial charge is 0.277 e. The number of nitrogens with one attached hydrogen (secondary N) is 6. The van der Waals surface area contributed by atoms with Crippen molar-refractivity contribution in [3.05, 3.63) is 314 Å². The molecule has 0 aliphatic carbocycles. The summed E-state index contributed by atoms with van der Waals surface area (Å²) in [7, 11) is 0. The Balaban J connectivity index is 0.000000153. The van der Waals surface area contributed by atoms with Gasteiger partial charge in [0.2, 0.25) is 0 Å². The molecular weight excluding hydrogens is 1550 g/mol. The number of aromatic nitrogens is 10. The maximum absolute atomic E-state index is 13.2. The van der Waals surface area contributed by atoms with E-state index < -0.39 is 34.0 Å². The van der Waals surface area contributed by atoms with Crippen molar-refractivity contribution in [2.24, 2.45) is 5.73 Å². The molecule has 10 heterocycles. The second-order valence-corrected chi connectivity index (χ2v) is 26.8. The Morgan fingerprint density at radius 1 is 0.423 bits per heavy atom. The summed E-state index contributed by atoms with van der Waals surface area (Å²) in [6, 6.07) is 36.3. The van der Waals surface area contributed by atoms with E-state index in [4.69, 9.17) is 127 Å². The molecule has 0 fully saturated rings. The Morgan fingerprint density at radius 2 is 0.760 bits per heavy atom. The first-order valence-electron chi connectivity index (χ1n) is 29.7. The summed E-state index contributed by atoms with van der Waals surface area (Å²) in [5.74, 6) is -0.357. The molecule has 10 N–H and O–H groups in total. The molecule has 4 aromatic carbocycles. The molecule has 532 valence electrons. The second kappa shape index (κ2) is 33.0. The molecule has 26 nitrogen and oxygen atoms in total. The van der Waals surface area contributed by atoms with Crippen molar-refractivity contribution >= 4 is 174 Å². The molecule has 3 aliphatic heterocycles. The first kappa shape index (κ1) is 77.9. The van der Waals surface area contributed by atoms with Crippen molar-refractivity contribution in [2.45, 2.75) is 44.7 Å². The lowest BCUT2D eigenvalue weighted by Crippen LogP contribution is -2.46. The van der Waals surface area contributed by atoms with Gasteiger partial charge in [0, 0.05) is 81.0 Å². The van der Waals surface area contributed by atoms with E-state index in [1.807, 2.05) is 0 Å². The van der Waals surface area contributed by atoms with Crippen LogP contribution in [0.2, 0.25) is 50.2 Å². The van der Waals surface area contributed by atoms with Gasteiger partial charge in [-0.05, 0) is 167 Å². The predicted molar refractivity (Wildman–Crippen MR) is 401 cm³/mol. The van der Waals surface area contributed by atoms with E-state index >= 15 is 0 Å². The fourth-order valence-corrected chi connectivity index (χ4v) is 12.8. The number of primary amides is 1. The molecule has 36 heteroatoms. The largest absolute Gasteiger partial charge is 0.384 e. The van der Waals surface area contributed by atoms with Gasteiger partial charge >= 0.3 is 0 Å². The van der Waals surface area contributed by atoms with Crippen molar-refractivity contribution in [1.29, 1.82) is 0 Å². The van der Waals surface area contributed by atoms with Crippen molar-refractivity contribution < 1.29 is 24.0 Å². The zero-order valence-corrected chi connectivity index (χ0v) is 61.4. The summed E-state index contributed by atoms with van der Waals surface area (Å²) in [5.41, 5.74) is 8.62. The molecule has 3 unspecified atom stereocenters. The normalized spacial score (nSPS) is 16.1. The minimum absolute atomic E-state index is 0.0330. The van der Waals surface area contributed by atoms with E-state index in [1.54, 1.807) is 155 Å². The lowest BCUT2D eigenvalue weighted by molar-refractivity contribution is 0.0932. The number of amides is 4. The predicted octanol–water partition coefficient (Wildman–Crippen LogP) is 13.0. The highest BCUT2D eigenvalue weighted by Gasteiger charge is 2.44. The summed E-state index contributed by atoms with van der Waals surface area (Å²) < 4.78 is 4.10. The SMILES string of the molecule is CC(=O)c1cc(Cl)cc(Cl)c1.CC1(c2cc(Cl)cc(Cl)c2)NC(=O)c2ccc(Cl)c(=O)n21.CC1(c2cc(Cl)cc(Cl)c2)NC(=O)c2ccc(Nc3ccncn3)c(=O)n21.CC1(c2cc(Cl)cc(Cl)c2)NC(=O)c2ccc(Nc3ccncn3)c(=O)n21.NC(=O)c1ccc(Cl)c(=O)[nH]1.Nc1ccncn1. The van der Waals surface area contributed by atoms with E-state index in [-0.39, 0.29) is 78.8 Å². The number of hydrogen-bond donors (Lipinski definition) is 8.